The second-order valence-electron chi connectivity index (χ2n) is 7.09. The summed E-state index contributed by atoms with van der Waals surface area (Å²) >= 11 is 0. The predicted octanol–water partition coefficient (Wildman–Crippen LogP) is 3.84. The second-order valence-corrected chi connectivity index (χ2v) is 7.09. The molecule has 29 heavy (non-hydrogen) atoms. The van der Waals surface area contributed by atoms with Gasteiger partial charge in [0.05, 0.1) is 11.1 Å². The van der Waals surface area contributed by atoms with E-state index in [0.717, 1.165) is 16.0 Å². The van der Waals surface area contributed by atoms with E-state index in [1.807, 2.05) is 49.4 Å². The van der Waals surface area contributed by atoms with Crippen LogP contribution in [-0.4, -0.2) is 28.7 Å². The predicted molar refractivity (Wildman–Crippen MR) is 111 cm³/mol. The number of amides is 3. The average Bonchev–Trinajstić information content (AvgIpc) is 2.98. The van der Waals surface area contributed by atoms with Crippen LogP contribution in [0.4, 0.5) is 5.69 Å². The SMILES string of the molecule is Cc1cccc(CC(C(=O)Nc2ccccc2)N2C(=O)c3ccccc3C2=O)c1. The lowest BCUT2D eigenvalue weighted by Gasteiger charge is -2.25. The molecule has 0 radical (unpaired) electrons. The Morgan fingerprint density at radius 1 is 0.862 bits per heavy atom. The van der Waals surface area contributed by atoms with Crippen LogP contribution in [0.2, 0.25) is 0 Å². The number of hydrogen-bond donors (Lipinski definition) is 1. The van der Waals surface area contributed by atoms with E-state index < -0.39 is 23.8 Å². The Hall–Kier alpha value is -3.73. The largest absolute Gasteiger partial charge is 0.324 e. The first-order valence-electron chi connectivity index (χ1n) is 9.43. The summed E-state index contributed by atoms with van der Waals surface area (Å²) in [6.07, 6.45) is 0.242. The van der Waals surface area contributed by atoms with Crippen molar-refractivity contribution >= 4 is 23.4 Å². The number of anilines is 1. The third-order valence-corrected chi connectivity index (χ3v) is 4.99. The summed E-state index contributed by atoms with van der Waals surface area (Å²) in [5.74, 6) is -1.27. The van der Waals surface area contributed by atoms with E-state index in [4.69, 9.17) is 0 Å². The number of carbonyl (C=O) groups excluding carboxylic acids is 3. The Labute approximate surface area is 169 Å². The molecule has 0 saturated heterocycles. The first-order chi connectivity index (χ1) is 14.0. The minimum Gasteiger partial charge on any atom is -0.324 e. The summed E-state index contributed by atoms with van der Waals surface area (Å²) < 4.78 is 0. The number of nitrogens with zero attached hydrogens (tertiary/aromatic N) is 1. The van der Waals surface area contributed by atoms with Gasteiger partial charge in [0.25, 0.3) is 11.8 Å². The highest BCUT2D eigenvalue weighted by atomic mass is 16.2. The summed E-state index contributed by atoms with van der Waals surface area (Å²) in [5, 5.41) is 2.84. The maximum absolute atomic E-state index is 13.2. The van der Waals surface area contributed by atoms with Gasteiger partial charge in [-0.2, -0.15) is 0 Å². The van der Waals surface area contributed by atoms with Crippen molar-refractivity contribution in [2.45, 2.75) is 19.4 Å². The van der Waals surface area contributed by atoms with Gasteiger partial charge in [-0.15, -0.1) is 0 Å². The maximum Gasteiger partial charge on any atom is 0.262 e. The van der Waals surface area contributed by atoms with Crippen LogP contribution in [0.5, 0.6) is 0 Å². The summed E-state index contributed by atoms with van der Waals surface area (Å²) in [6, 6.07) is 22.4. The molecular formula is C24H20N2O3. The summed E-state index contributed by atoms with van der Waals surface area (Å²) in [5.41, 5.74) is 3.21. The molecule has 0 bridgehead atoms. The van der Waals surface area contributed by atoms with Crippen LogP contribution in [0.3, 0.4) is 0 Å². The molecule has 5 nitrogen and oxygen atoms in total. The zero-order chi connectivity index (χ0) is 20.4. The van der Waals surface area contributed by atoms with Crippen LogP contribution >= 0.6 is 0 Å². The number of rotatable bonds is 5. The van der Waals surface area contributed by atoms with Crippen LogP contribution < -0.4 is 5.32 Å². The fraction of sp³-hybridized carbons (Fsp3) is 0.125. The molecule has 1 atom stereocenters. The standard InChI is InChI=1S/C24H20N2O3/c1-16-8-7-9-17(14-16)15-21(22(27)25-18-10-3-2-4-11-18)26-23(28)19-12-5-6-13-20(19)24(26)29/h2-14,21H,15H2,1H3,(H,25,27). The van der Waals surface area contributed by atoms with E-state index >= 15 is 0 Å². The molecule has 0 saturated carbocycles. The highest BCUT2D eigenvalue weighted by molar-refractivity contribution is 6.23. The third-order valence-electron chi connectivity index (χ3n) is 4.99. The average molecular weight is 384 g/mol. The van der Waals surface area contributed by atoms with Crippen molar-refractivity contribution in [2.75, 3.05) is 5.32 Å². The Kier molecular flexibility index (Phi) is 4.96. The van der Waals surface area contributed by atoms with Crippen molar-refractivity contribution in [3.8, 4) is 0 Å². The Morgan fingerprint density at radius 2 is 1.48 bits per heavy atom. The molecule has 0 aliphatic carbocycles. The third kappa shape index (κ3) is 3.67. The summed E-state index contributed by atoms with van der Waals surface area (Å²) in [4.78, 5) is 40.2. The van der Waals surface area contributed by atoms with Crippen molar-refractivity contribution in [3.05, 3.63) is 101 Å². The lowest BCUT2D eigenvalue weighted by atomic mass is 10.0. The van der Waals surface area contributed by atoms with E-state index in [1.54, 1.807) is 36.4 Å². The van der Waals surface area contributed by atoms with Crippen LogP contribution in [0.1, 0.15) is 31.8 Å². The molecule has 144 valence electrons. The number of fused-ring (bicyclic) bond motifs is 1. The number of benzene rings is 3. The number of carbonyl (C=O) groups is 3. The minimum absolute atomic E-state index is 0.242. The van der Waals surface area contributed by atoms with E-state index in [-0.39, 0.29) is 6.42 Å². The second kappa shape index (κ2) is 7.72. The fourth-order valence-corrected chi connectivity index (χ4v) is 3.60. The topological polar surface area (TPSA) is 66.5 Å². The summed E-state index contributed by atoms with van der Waals surface area (Å²) in [6.45, 7) is 1.96. The first-order valence-corrected chi connectivity index (χ1v) is 9.43. The first kappa shape index (κ1) is 18.6. The van der Waals surface area contributed by atoms with Crippen molar-refractivity contribution in [2.24, 2.45) is 0 Å². The number of para-hydroxylation sites is 1. The van der Waals surface area contributed by atoms with Gasteiger partial charge >= 0.3 is 0 Å². The Morgan fingerprint density at radius 3 is 2.10 bits per heavy atom. The van der Waals surface area contributed by atoms with Crippen molar-refractivity contribution in [1.29, 1.82) is 0 Å². The quantitative estimate of drug-likeness (QED) is 0.680. The Bertz CT molecular complexity index is 1060. The van der Waals surface area contributed by atoms with E-state index in [0.29, 0.717) is 16.8 Å². The molecule has 0 fully saturated rings. The molecule has 0 spiro atoms. The molecule has 1 aliphatic heterocycles. The molecule has 4 rings (SSSR count). The monoisotopic (exact) mass is 384 g/mol. The van der Waals surface area contributed by atoms with Gasteiger partial charge in [0.2, 0.25) is 5.91 Å². The number of aryl methyl sites for hydroxylation is 1. The molecule has 3 amide bonds. The van der Waals surface area contributed by atoms with E-state index in [9.17, 15) is 14.4 Å². The molecule has 1 aliphatic rings. The molecular weight excluding hydrogens is 364 g/mol. The van der Waals surface area contributed by atoms with Gasteiger partial charge < -0.3 is 5.32 Å². The van der Waals surface area contributed by atoms with Crippen molar-refractivity contribution < 1.29 is 14.4 Å². The van der Waals surface area contributed by atoms with Gasteiger partial charge in [-0.3, -0.25) is 19.3 Å². The van der Waals surface area contributed by atoms with Crippen LogP contribution in [0, 0.1) is 6.92 Å². The van der Waals surface area contributed by atoms with E-state index in [2.05, 4.69) is 5.32 Å². The smallest absolute Gasteiger partial charge is 0.262 e. The van der Waals surface area contributed by atoms with E-state index in [1.165, 1.54) is 0 Å². The highest BCUT2D eigenvalue weighted by Gasteiger charge is 2.42. The molecule has 3 aromatic carbocycles. The minimum atomic E-state index is -0.954. The number of imide groups is 1. The van der Waals surface area contributed by atoms with Gasteiger partial charge in [-0.05, 0) is 36.8 Å². The summed E-state index contributed by atoms with van der Waals surface area (Å²) in [7, 11) is 0. The van der Waals surface area contributed by atoms with Crippen LogP contribution in [-0.2, 0) is 11.2 Å². The lowest BCUT2D eigenvalue weighted by Crippen LogP contribution is -2.48. The molecule has 3 aromatic rings. The Balaban J connectivity index is 1.69. The van der Waals surface area contributed by atoms with Crippen LogP contribution in [0.25, 0.3) is 0 Å². The molecule has 1 unspecified atom stereocenters. The van der Waals surface area contributed by atoms with Gasteiger partial charge in [0.1, 0.15) is 6.04 Å². The number of nitrogens with one attached hydrogen (secondary N) is 1. The van der Waals surface area contributed by atoms with Gasteiger partial charge in [0, 0.05) is 12.1 Å². The van der Waals surface area contributed by atoms with Gasteiger partial charge in [0.15, 0.2) is 0 Å². The highest BCUT2D eigenvalue weighted by Crippen LogP contribution is 2.26. The van der Waals surface area contributed by atoms with Gasteiger partial charge in [-0.25, -0.2) is 0 Å². The maximum atomic E-state index is 13.2. The zero-order valence-corrected chi connectivity index (χ0v) is 16.0. The lowest BCUT2D eigenvalue weighted by molar-refractivity contribution is -0.119. The van der Waals surface area contributed by atoms with Crippen LogP contribution in [0.15, 0.2) is 78.9 Å². The van der Waals surface area contributed by atoms with Crippen molar-refractivity contribution in [1.82, 2.24) is 4.90 Å². The zero-order valence-electron chi connectivity index (χ0n) is 16.0. The van der Waals surface area contributed by atoms with Gasteiger partial charge in [-0.1, -0.05) is 60.2 Å². The normalized spacial score (nSPS) is 13.9. The van der Waals surface area contributed by atoms with Crippen molar-refractivity contribution in [3.63, 3.8) is 0 Å². The molecule has 5 heteroatoms. The molecule has 1 N–H and O–H groups in total. The molecule has 1 heterocycles. The number of hydrogen-bond acceptors (Lipinski definition) is 3. The molecule has 0 aromatic heterocycles. The fourth-order valence-electron chi connectivity index (χ4n) is 3.60.